The van der Waals surface area contributed by atoms with E-state index in [-0.39, 0.29) is 26.6 Å². The van der Waals surface area contributed by atoms with Crippen molar-refractivity contribution in [1.82, 2.24) is 0 Å². The number of halogens is 2. The van der Waals surface area contributed by atoms with E-state index in [0.717, 1.165) is 11.8 Å². The molecule has 0 radical (unpaired) electrons. The Kier molecular flexibility index (Phi) is 7.75. The second-order valence-electron chi connectivity index (χ2n) is 7.63. The molecule has 36 heavy (non-hydrogen) atoms. The van der Waals surface area contributed by atoms with Crippen molar-refractivity contribution in [3.8, 4) is 17.2 Å². The summed E-state index contributed by atoms with van der Waals surface area (Å²) in [7, 11) is 0.752. The van der Waals surface area contributed by atoms with Crippen LogP contribution in [-0.4, -0.2) is 35.7 Å². The maximum atomic E-state index is 13.2. The molecule has 0 aromatic heterocycles. The number of anilines is 1. The van der Waals surface area contributed by atoms with Gasteiger partial charge in [0.25, 0.3) is 5.91 Å². The summed E-state index contributed by atoms with van der Waals surface area (Å²) < 4.78 is 42.6. The number of carbonyl (C=O) groups is 1. The molecule has 3 aromatic carbocycles. The van der Waals surface area contributed by atoms with Crippen LogP contribution >= 0.6 is 35.0 Å². The van der Waals surface area contributed by atoms with E-state index >= 15 is 0 Å². The van der Waals surface area contributed by atoms with E-state index in [9.17, 15) is 13.2 Å². The van der Waals surface area contributed by atoms with Crippen LogP contribution in [-0.2, 0) is 20.4 Å². The Hall–Kier alpha value is -2.85. The molecule has 0 atom stereocenters. The standard InChI is InChI=1S/C25H21Cl2NO6S2/c1-32-14-9-21(33-2)16(22(10-14)34-3)12-24-25(29)28-20-8-7-15(11-23(20)35-24)36(30,31)13-17-18(26)5-4-6-19(17)27/h4-12H,13H2,1-3H3,(H,28,29)/b24-12+. The minimum absolute atomic E-state index is 0.0832. The van der Waals surface area contributed by atoms with Gasteiger partial charge in [-0.1, -0.05) is 41.0 Å². The first kappa shape index (κ1) is 26.2. The molecule has 0 fully saturated rings. The number of ether oxygens (including phenoxy) is 3. The summed E-state index contributed by atoms with van der Waals surface area (Å²) >= 11 is 13.5. The van der Waals surface area contributed by atoms with Crippen molar-refractivity contribution >= 4 is 62.5 Å². The summed E-state index contributed by atoms with van der Waals surface area (Å²) in [5.41, 5.74) is 1.38. The molecule has 11 heteroatoms. The van der Waals surface area contributed by atoms with Crippen LogP contribution in [0.4, 0.5) is 5.69 Å². The number of methoxy groups -OCH3 is 3. The highest BCUT2D eigenvalue weighted by atomic mass is 35.5. The lowest BCUT2D eigenvalue weighted by Gasteiger charge is -2.20. The smallest absolute Gasteiger partial charge is 0.262 e. The van der Waals surface area contributed by atoms with Crippen LogP contribution in [0.3, 0.4) is 0 Å². The molecule has 0 aliphatic carbocycles. The van der Waals surface area contributed by atoms with Crippen LogP contribution < -0.4 is 19.5 Å². The summed E-state index contributed by atoms with van der Waals surface area (Å²) in [6.07, 6.45) is 1.63. The van der Waals surface area contributed by atoms with Crippen molar-refractivity contribution in [3.05, 3.63) is 74.6 Å². The Labute approximate surface area is 223 Å². The SMILES string of the molecule is COc1cc(OC)c(/C=C2/Sc3cc(S(=O)(=O)Cc4c(Cl)cccc4Cl)ccc3NC2=O)c(OC)c1. The van der Waals surface area contributed by atoms with Gasteiger partial charge < -0.3 is 19.5 Å². The van der Waals surface area contributed by atoms with Gasteiger partial charge >= 0.3 is 0 Å². The van der Waals surface area contributed by atoms with Crippen molar-refractivity contribution in [2.75, 3.05) is 26.6 Å². The predicted octanol–water partition coefficient (Wildman–Crippen LogP) is 6.08. The molecule has 1 amide bonds. The lowest BCUT2D eigenvalue weighted by atomic mass is 10.1. The monoisotopic (exact) mass is 565 g/mol. The Balaban J connectivity index is 1.71. The molecule has 0 saturated carbocycles. The fourth-order valence-corrected chi connectivity index (χ4v) is 6.74. The number of hydrogen-bond donors (Lipinski definition) is 1. The lowest BCUT2D eigenvalue weighted by molar-refractivity contribution is -0.112. The molecule has 1 aliphatic rings. The number of benzene rings is 3. The summed E-state index contributed by atoms with van der Waals surface area (Å²) in [4.78, 5) is 13.8. The fourth-order valence-electron chi connectivity index (χ4n) is 3.58. The number of nitrogens with one attached hydrogen (secondary N) is 1. The number of fused-ring (bicyclic) bond motifs is 1. The van der Waals surface area contributed by atoms with Crippen molar-refractivity contribution in [1.29, 1.82) is 0 Å². The molecule has 4 rings (SSSR count). The van der Waals surface area contributed by atoms with Gasteiger partial charge in [0, 0.05) is 32.6 Å². The number of thioether (sulfide) groups is 1. The maximum absolute atomic E-state index is 13.2. The highest BCUT2D eigenvalue weighted by molar-refractivity contribution is 8.04. The number of carbonyl (C=O) groups excluding carboxylic acids is 1. The molecular weight excluding hydrogens is 545 g/mol. The Morgan fingerprint density at radius 1 is 0.944 bits per heavy atom. The van der Waals surface area contributed by atoms with Gasteiger partial charge in [0.1, 0.15) is 17.2 Å². The zero-order chi connectivity index (χ0) is 26.0. The predicted molar refractivity (Wildman–Crippen MR) is 142 cm³/mol. The van der Waals surface area contributed by atoms with Crippen LogP contribution in [0.1, 0.15) is 11.1 Å². The molecule has 0 unspecified atom stereocenters. The first-order valence-corrected chi connectivity index (χ1v) is 13.7. The van der Waals surface area contributed by atoms with E-state index < -0.39 is 9.84 Å². The maximum Gasteiger partial charge on any atom is 0.262 e. The molecule has 0 spiro atoms. The van der Waals surface area contributed by atoms with E-state index in [1.165, 1.54) is 33.5 Å². The summed E-state index contributed by atoms with van der Waals surface area (Å²) in [6, 6.07) is 12.7. The molecule has 188 valence electrons. The van der Waals surface area contributed by atoms with Gasteiger partial charge in [-0.3, -0.25) is 4.79 Å². The van der Waals surface area contributed by atoms with Crippen molar-refractivity contribution in [3.63, 3.8) is 0 Å². The minimum Gasteiger partial charge on any atom is -0.496 e. The third-order valence-corrected chi connectivity index (χ3v) is 8.86. The van der Waals surface area contributed by atoms with Crippen LogP contribution in [0, 0.1) is 0 Å². The van der Waals surface area contributed by atoms with Crippen LogP contribution in [0.15, 0.2) is 63.2 Å². The van der Waals surface area contributed by atoms with Crippen LogP contribution in [0.2, 0.25) is 10.0 Å². The molecule has 3 aromatic rings. The van der Waals surface area contributed by atoms with Gasteiger partial charge in [-0.2, -0.15) is 0 Å². The molecular formula is C25H21Cl2NO6S2. The molecule has 1 N–H and O–H groups in total. The largest absolute Gasteiger partial charge is 0.496 e. The highest BCUT2D eigenvalue weighted by Crippen LogP contribution is 2.43. The van der Waals surface area contributed by atoms with Gasteiger partial charge in [-0.15, -0.1) is 0 Å². The zero-order valence-corrected chi connectivity index (χ0v) is 22.6. The third kappa shape index (κ3) is 5.29. The average Bonchev–Trinajstić information content (AvgIpc) is 2.86. The molecule has 0 bridgehead atoms. The fraction of sp³-hybridized carbons (Fsp3) is 0.160. The molecule has 7 nitrogen and oxygen atoms in total. The van der Waals surface area contributed by atoms with Crippen molar-refractivity contribution in [2.24, 2.45) is 0 Å². The second kappa shape index (κ2) is 10.6. The summed E-state index contributed by atoms with van der Waals surface area (Å²) in [5.74, 6) is 0.734. The summed E-state index contributed by atoms with van der Waals surface area (Å²) in [6.45, 7) is 0. The van der Waals surface area contributed by atoms with Gasteiger partial charge in [-0.05, 0) is 36.4 Å². The number of sulfone groups is 1. The van der Waals surface area contributed by atoms with Crippen molar-refractivity contribution in [2.45, 2.75) is 15.5 Å². The number of rotatable bonds is 7. The van der Waals surface area contributed by atoms with Gasteiger partial charge in [0.2, 0.25) is 0 Å². The Morgan fingerprint density at radius 3 is 2.17 bits per heavy atom. The zero-order valence-electron chi connectivity index (χ0n) is 19.4. The second-order valence-corrected chi connectivity index (χ2v) is 11.5. The minimum atomic E-state index is -3.78. The third-order valence-electron chi connectivity index (χ3n) is 5.43. The Bertz CT molecular complexity index is 1440. The van der Waals surface area contributed by atoms with Crippen LogP contribution in [0.5, 0.6) is 17.2 Å². The number of amides is 1. The quantitative estimate of drug-likeness (QED) is 0.347. The Morgan fingerprint density at radius 2 is 1.58 bits per heavy atom. The van der Waals surface area contributed by atoms with Gasteiger partial charge in [0.15, 0.2) is 9.84 Å². The van der Waals surface area contributed by atoms with E-state index in [1.807, 2.05) is 0 Å². The lowest BCUT2D eigenvalue weighted by Crippen LogP contribution is -2.18. The van der Waals surface area contributed by atoms with Crippen molar-refractivity contribution < 1.29 is 27.4 Å². The molecule has 1 aliphatic heterocycles. The van der Waals surface area contributed by atoms with Crippen LogP contribution in [0.25, 0.3) is 6.08 Å². The molecule has 0 saturated heterocycles. The van der Waals surface area contributed by atoms with Gasteiger partial charge in [0.05, 0.1) is 48.1 Å². The first-order valence-electron chi connectivity index (χ1n) is 10.5. The van der Waals surface area contributed by atoms with Gasteiger partial charge in [-0.25, -0.2) is 8.42 Å². The summed E-state index contributed by atoms with van der Waals surface area (Å²) in [5, 5.41) is 3.36. The van der Waals surface area contributed by atoms with E-state index in [2.05, 4.69) is 5.32 Å². The average molecular weight is 566 g/mol. The first-order chi connectivity index (χ1) is 17.2. The van der Waals surface area contributed by atoms with E-state index in [0.29, 0.717) is 43.9 Å². The van der Waals surface area contributed by atoms with E-state index in [4.69, 9.17) is 37.4 Å². The normalized spacial score (nSPS) is 14.2. The highest BCUT2D eigenvalue weighted by Gasteiger charge is 2.26. The molecule has 1 heterocycles. The topological polar surface area (TPSA) is 90.9 Å². The number of hydrogen-bond acceptors (Lipinski definition) is 7. The van der Waals surface area contributed by atoms with E-state index in [1.54, 1.807) is 42.5 Å².